The fourth-order valence-electron chi connectivity index (χ4n) is 1.75. The molecule has 0 aromatic carbocycles. The van der Waals surface area contributed by atoms with E-state index in [1.165, 1.54) is 39.5 Å². The van der Waals surface area contributed by atoms with Crippen molar-refractivity contribution in [2.75, 3.05) is 0 Å². The number of carbonyl (C=O) groups excluding carboxylic acids is 4. The Morgan fingerprint density at radius 2 is 0.735 bits per heavy atom. The van der Waals surface area contributed by atoms with Gasteiger partial charge in [-0.25, -0.2) is 0 Å². The summed E-state index contributed by atoms with van der Waals surface area (Å²) in [6, 6.07) is 0. The Labute approximate surface area is 245 Å². The molecule has 0 saturated heterocycles. The third-order valence-electron chi connectivity index (χ3n) is 3.67. The molecule has 0 unspecified atom stereocenters. The second kappa shape index (κ2) is 36.8. The Bertz CT molecular complexity index is 477. The van der Waals surface area contributed by atoms with Crippen molar-refractivity contribution in [2.45, 2.75) is 105 Å². The third kappa shape index (κ3) is 63.3. The van der Waals surface area contributed by atoms with Gasteiger partial charge in [0.15, 0.2) is 0 Å². The molecule has 4 radical (unpaired) electrons. The van der Waals surface area contributed by atoms with Crippen molar-refractivity contribution in [3.05, 3.63) is 24.3 Å². The van der Waals surface area contributed by atoms with Crippen molar-refractivity contribution in [1.29, 1.82) is 0 Å². The molecular weight excluding hydrogens is 831 g/mol. The topological polar surface area (TPSA) is 161 Å². The molecule has 34 heavy (non-hydrogen) atoms. The van der Waals surface area contributed by atoms with Gasteiger partial charge in [0.25, 0.3) is 0 Å². The normalized spacial score (nSPS) is 8.35. The van der Waals surface area contributed by atoms with Crippen LogP contribution in [0.3, 0.4) is 0 Å². The molecule has 10 heteroatoms. The van der Waals surface area contributed by atoms with Gasteiger partial charge in [0.2, 0.25) is 0 Å². The number of hydrogen-bond donors (Lipinski definition) is 0. The zero-order valence-electron chi connectivity index (χ0n) is 21.2. The molecule has 0 rings (SSSR count). The van der Waals surface area contributed by atoms with Crippen LogP contribution in [0.5, 0.6) is 0 Å². The molecule has 0 amide bonds. The number of carbonyl (C=O) groups is 4. The zero-order chi connectivity index (χ0) is 25.9. The standard InChI is InChI=1S/2C8H16O2.2C4H6O2.2Pb/c2*1-2-3-4-5-6-7-8(9)10;2*1-3(2)4(5)6;;/h2*2-7H2,1H3,(H,9,10);2*1H2,2H3,(H,5,6);;/q;;;;2*+2/p-4. The van der Waals surface area contributed by atoms with Crippen molar-refractivity contribution in [3.63, 3.8) is 0 Å². The van der Waals surface area contributed by atoms with Crippen molar-refractivity contribution >= 4 is 78.5 Å². The van der Waals surface area contributed by atoms with Crippen molar-refractivity contribution in [1.82, 2.24) is 0 Å². The first-order chi connectivity index (χ1) is 14.8. The van der Waals surface area contributed by atoms with Crippen LogP contribution in [0.1, 0.15) is 105 Å². The molecule has 0 atom stereocenters. The molecule has 0 aliphatic rings. The van der Waals surface area contributed by atoms with E-state index in [-0.39, 0.29) is 78.6 Å². The molecule has 0 heterocycles. The van der Waals surface area contributed by atoms with E-state index in [9.17, 15) is 39.6 Å². The Hall–Kier alpha value is -0.796. The van der Waals surface area contributed by atoms with Crippen LogP contribution in [0.25, 0.3) is 0 Å². The third-order valence-corrected chi connectivity index (χ3v) is 3.67. The fourth-order valence-corrected chi connectivity index (χ4v) is 1.75. The quantitative estimate of drug-likeness (QED) is 0.135. The molecule has 0 N–H and O–H groups in total. The largest absolute Gasteiger partial charge is 2.00 e. The van der Waals surface area contributed by atoms with E-state index in [0.717, 1.165) is 38.5 Å². The van der Waals surface area contributed by atoms with Gasteiger partial charge in [0.05, 0.1) is 11.9 Å². The Morgan fingerprint density at radius 3 is 0.882 bits per heavy atom. The van der Waals surface area contributed by atoms with Crippen LogP contribution in [0.4, 0.5) is 0 Å². The number of carboxylic acids is 4. The van der Waals surface area contributed by atoms with Crippen molar-refractivity contribution < 1.29 is 39.6 Å². The number of carboxylic acid groups (broad SMARTS) is 4. The van der Waals surface area contributed by atoms with E-state index in [4.69, 9.17) is 0 Å². The Balaban J connectivity index is -0.0000000775. The zero-order valence-corrected chi connectivity index (χ0v) is 28.9. The number of aliphatic carboxylic acids is 4. The van der Waals surface area contributed by atoms with Crippen molar-refractivity contribution in [3.8, 4) is 0 Å². The van der Waals surface area contributed by atoms with Crippen LogP contribution >= 0.6 is 0 Å². The molecule has 0 aliphatic carbocycles. The predicted molar refractivity (Wildman–Crippen MR) is 128 cm³/mol. The van der Waals surface area contributed by atoms with Gasteiger partial charge in [0, 0.05) is 11.9 Å². The SMILES string of the molecule is C=C(C)C(=O)[O-].C=C(C)C(=O)[O-].CCCCCCCC(=O)[O-].CCCCCCCC(=O)[O-].[Pb+2].[Pb+2]. The number of rotatable bonds is 14. The molecule has 0 fully saturated rings. The minimum atomic E-state index is -1.19. The van der Waals surface area contributed by atoms with Gasteiger partial charge < -0.3 is 39.6 Å². The summed E-state index contributed by atoms with van der Waals surface area (Å²) in [5.41, 5.74) is 0.130. The first kappa shape index (κ1) is 46.5. The van der Waals surface area contributed by atoms with Gasteiger partial charge in [-0.2, -0.15) is 0 Å². The summed E-state index contributed by atoms with van der Waals surface area (Å²) in [5, 5.41) is 38.8. The van der Waals surface area contributed by atoms with Gasteiger partial charge in [-0.3, -0.25) is 0 Å². The summed E-state index contributed by atoms with van der Waals surface area (Å²) >= 11 is 0. The second-order valence-corrected chi connectivity index (χ2v) is 7.21. The van der Waals surface area contributed by atoms with Gasteiger partial charge in [0.1, 0.15) is 0 Å². The molecular formula is C24H40O8Pb2. The van der Waals surface area contributed by atoms with E-state index in [0.29, 0.717) is 0 Å². The summed E-state index contributed by atoms with van der Waals surface area (Å²) in [6.45, 7) is 13.2. The molecule has 0 aromatic heterocycles. The van der Waals surface area contributed by atoms with Crippen LogP contribution in [0.2, 0.25) is 0 Å². The molecule has 0 spiro atoms. The van der Waals surface area contributed by atoms with Gasteiger partial charge in [-0.1, -0.05) is 78.4 Å². The average Bonchev–Trinajstić information content (AvgIpc) is 2.68. The van der Waals surface area contributed by atoms with Crippen LogP contribution < -0.4 is 20.4 Å². The van der Waals surface area contributed by atoms with Gasteiger partial charge in [-0.05, 0) is 50.7 Å². The summed E-state index contributed by atoms with van der Waals surface area (Å²) in [4.78, 5) is 38.8. The van der Waals surface area contributed by atoms with Crippen molar-refractivity contribution in [2.24, 2.45) is 0 Å². The maximum atomic E-state index is 9.92. The van der Waals surface area contributed by atoms with E-state index >= 15 is 0 Å². The molecule has 0 bridgehead atoms. The average molecular weight is 871 g/mol. The Kier molecular flexibility index (Phi) is 50.3. The maximum absolute atomic E-state index is 9.92. The van der Waals surface area contributed by atoms with Gasteiger partial charge >= 0.3 is 54.6 Å². The first-order valence-electron chi connectivity index (χ1n) is 11.0. The number of hydrogen-bond acceptors (Lipinski definition) is 8. The molecule has 0 saturated carbocycles. The van der Waals surface area contributed by atoms with E-state index in [2.05, 4.69) is 27.0 Å². The van der Waals surface area contributed by atoms with Gasteiger partial charge in [-0.15, -0.1) is 0 Å². The minimum Gasteiger partial charge on any atom is -0.550 e. The van der Waals surface area contributed by atoms with Crippen LogP contribution in [0.15, 0.2) is 24.3 Å². The molecule has 192 valence electrons. The monoisotopic (exact) mass is 872 g/mol. The van der Waals surface area contributed by atoms with E-state index in [1.54, 1.807) is 0 Å². The molecule has 0 aliphatic heterocycles. The summed E-state index contributed by atoms with van der Waals surface area (Å²) < 4.78 is 0. The second-order valence-electron chi connectivity index (χ2n) is 7.21. The predicted octanol–water partition coefficient (Wildman–Crippen LogP) is 0.0568. The molecule has 8 nitrogen and oxygen atoms in total. The smallest absolute Gasteiger partial charge is 0.550 e. The van der Waals surface area contributed by atoms with Crippen LogP contribution in [0, 0.1) is 0 Å². The van der Waals surface area contributed by atoms with Crippen LogP contribution in [-0.2, 0) is 19.2 Å². The minimum absolute atomic E-state index is 0. The maximum Gasteiger partial charge on any atom is 2.00 e. The van der Waals surface area contributed by atoms with Crippen LogP contribution in [-0.4, -0.2) is 78.5 Å². The Morgan fingerprint density at radius 1 is 0.529 bits per heavy atom. The van der Waals surface area contributed by atoms with E-state index in [1.807, 2.05) is 0 Å². The fraction of sp³-hybridized carbons (Fsp3) is 0.667. The summed E-state index contributed by atoms with van der Waals surface area (Å²) in [7, 11) is 0. The number of unbranched alkanes of at least 4 members (excludes halogenated alkanes) is 8. The summed E-state index contributed by atoms with van der Waals surface area (Å²) in [5.74, 6) is -4.21. The summed E-state index contributed by atoms with van der Waals surface area (Å²) in [6.07, 6.45) is 11.2. The van der Waals surface area contributed by atoms with E-state index < -0.39 is 23.9 Å². The first-order valence-corrected chi connectivity index (χ1v) is 11.0. The molecule has 0 aromatic rings.